The molecule has 0 saturated carbocycles. The summed E-state index contributed by atoms with van der Waals surface area (Å²) in [6.07, 6.45) is 1.70. The van der Waals surface area contributed by atoms with Crippen LogP contribution in [0.15, 0.2) is 47.1 Å². The molecule has 0 spiro atoms. The summed E-state index contributed by atoms with van der Waals surface area (Å²) in [5.74, 6) is 0.949. The third-order valence-corrected chi connectivity index (χ3v) is 2.54. The molecule has 3 heteroatoms. The van der Waals surface area contributed by atoms with Gasteiger partial charge in [0.25, 0.3) is 0 Å². The van der Waals surface area contributed by atoms with Gasteiger partial charge in [-0.3, -0.25) is 0 Å². The second kappa shape index (κ2) is 5.55. The van der Waals surface area contributed by atoms with Gasteiger partial charge in [0.2, 0.25) is 0 Å². The van der Waals surface area contributed by atoms with Gasteiger partial charge in [0.1, 0.15) is 5.76 Å². The van der Waals surface area contributed by atoms with Crippen molar-refractivity contribution in [1.82, 2.24) is 4.90 Å². The van der Waals surface area contributed by atoms with E-state index in [2.05, 4.69) is 42.5 Å². The standard InChI is InChI=1S/C14H18N2O/c1-16(2)11-12-6-3-4-8-14(12)15-10-13-7-5-9-17-13/h3-9,15H,10-11H2,1-2H3. The summed E-state index contributed by atoms with van der Waals surface area (Å²) in [4.78, 5) is 2.16. The van der Waals surface area contributed by atoms with E-state index in [1.54, 1.807) is 6.26 Å². The zero-order chi connectivity index (χ0) is 12.1. The molecule has 1 N–H and O–H groups in total. The van der Waals surface area contributed by atoms with Crippen LogP contribution in [-0.2, 0) is 13.1 Å². The molecule has 17 heavy (non-hydrogen) atoms. The number of hydrogen-bond acceptors (Lipinski definition) is 3. The monoisotopic (exact) mass is 230 g/mol. The van der Waals surface area contributed by atoms with Crippen molar-refractivity contribution in [2.45, 2.75) is 13.1 Å². The normalized spacial score (nSPS) is 10.8. The maximum atomic E-state index is 5.30. The van der Waals surface area contributed by atoms with Gasteiger partial charge >= 0.3 is 0 Å². The Balaban J connectivity index is 2.04. The lowest BCUT2D eigenvalue weighted by Gasteiger charge is -2.14. The molecule has 0 aliphatic heterocycles. The fourth-order valence-corrected chi connectivity index (χ4v) is 1.77. The quantitative estimate of drug-likeness (QED) is 0.856. The highest BCUT2D eigenvalue weighted by Gasteiger charge is 2.03. The van der Waals surface area contributed by atoms with E-state index >= 15 is 0 Å². The maximum Gasteiger partial charge on any atom is 0.122 e. The lowest BCUT2D eigenvalue weighted by atomic mass is 10.1. The van der Waals surface area contributed by atoms with E-state index in [0.717, 1.165) is 24.5 Å². The first-order valence-corrected chi connectivity index (χ1v) is 5.74. The summed E-state index contributed by atoms with van der Waals surface area (Å²) in [6.45, 7) is 1.65. The first-order chi connectivity index (χ1) is 8.25. The molecule has 0 aliphatic carbocycles. The molecule has 0 aliphatic rings. The van der Waals surface area contributed by atoms with Gasteiger partial charge in [0.15, 0.2) is 0 Å². The number of nitrogens with one attached hydrogen (secondary N) is 1. The van der Waals surface area contributed by atoms with Gasteiger partial charge in [-0.2, -0.15) is 0 Å². The van der Waals surface area contributed by atoms with E-state index in [1.807, 2.05) is 18.2 Å². The number of rotatable bonds is 5. The maximum absolute atomic E-state index is 5.30. The molecular weight excluding hydrogens is 212 g/mol. The van der Waals surface area contributed by atoms with Crippen LogP contribution >= 0.6 is 0 Å². The van der Waals surface area contributed by atoms with Gasteiger partial charge in [-0.1, -0.05) is 18.2 Å². The molecule has 0 fully saturated rings. The van der Waals surface area contributed by atoms with Crippen molar-refractivity contribution in [3.63, 3.8) is 0 Å². The summed E-state index contributed by atoms with van der Waals surface area (Å²) in [6, 6.07) is 12.2. The minimum absolute atomic E-state index is 0.720. The Labute approximate surface area is 102 Å². The number of furan rings is 1. The van der Waals surface area contributed by atoms with E-state index in [1.165, 1.54) is 5.56 Å². The predicted octanol–water partition coefficient (Wildman–Crippen LogP) is 2.95. The minimum atomic E-state index is 0.720. The van der Waals surface area contributed by atoms with Crippen molar-refractivity contribution in [2.75, 3.05) is 19.4 Å². The smallest absolute Gasteiger partial charge is 0.122 e. The summed E-state index contributed by atoms with van der Waals surface area (Å²) in [5, 5.41) is 3.40. The second-order valence-electron chi connectivity index (χ2n) is 4.33. The van der Waals surface area contributed by atoms with Crippen molar-refractivity contribution >= 4 is 5.69 Å². The molecular formula is C14H18N2O. The zero-order valence-corrected chi connectivity index (χ0v) is 10.3. The molecule has 0 radical (unpaired) electrons. The van der Waals surface area contributed by atoms with Crippen molar-refractivity contribution in [2.24, 2.45) is 0 Å². The first kappa shape index (κ1) is 11.7. The molecule has 0 unspecified atom stereocenters. The van der Waals surface area contributed by atoms with E-state index in [0.29, 0.717) is 0 Å². The van der Waals surface area contributed by atoms with Crippen LogP contribution in [0.3, 0.4) is 0 Å². The Morgan fingerprint density at radius 1 is 1.12 bits per heavy atom. The number of benzene rings is 1. The fraction of sp³-hybridized carbons (Fsp3) is 0.286. The highest BCUT2D eigenvalue weighted by atomic mass is 16.3. The van der Waals surface area contributed by atoms with Crippen LogP contribution in [0.5, 0.6) is 0 Å². The van der Waals surface area contributed by atoms with Crippen molar-refractivity contribution in [1.29, 1.82) is 0 Å². The highest BCUT2D eigenvalue weighted by molar-refractivity contribution is 5.51. The van der Waals surface area contributed by atoms with Crippen LogP contribution in [0, 0.1) is 0 Å². The van der Waals surface area contributed by atoms with E-state index < -0.39 is 0 Å². The minimum Gasteiger partial charge on any atom is -0.467 e. The van der Waals surface area contributed by atoms with E-state index in [-0.39, 0.29) is 0 Å². The van der Waals surface area contributed by atoms with Gasteiger partial charge < -0.3 is 14.6 Å². The van der Waals surface area contributed by atoms with Gasteiger partial charge in [-0.25, -0.2) is 0 Å². The lowest BCUT2D eigenvalue weighted by Crippen LogP contribution is -2.12. The van der Waals surface area contributed by atoms with Crippen molar-refractivity contribution in [3.05, 3.63) is 54.0 Å². The Kier molecular flexibility index (Phi) is 3.83. The molecule has 0 amide bonds. The van der Waals surface area contributed by atoms with Crippen LogP contribution < -0.4 is 5.32 Å². The molecule has 1 aromatic carbocycles. The average molecular weight is 230 g/mol. The first-order valence-electron chi connectivity index (χ1n) is 5.74. The van der Waals surface area contributed by atoms with Crippen LogP contribution in [0.1, 0.15) is 11.3 Å². The SMILES string of the molecule is CN(C)Cc1ccccc1NCc1ccco1. The number of nitrogens with zero attached hydrogens (tertiary/aromatic N) is 1. The van der Waals surface area contributed by atoms with Crippen LogP contribution in [0.25, 0.3) is 0 Å². The van der Waals surface area contributed by atoms with Gasteiger partial charge in [0, 0.05) is 12.2 Å². The fourth-order valence-electron chi connectivity index (χ4n) is 1.77. The Bertz CT molecular complexity index is 449. The van der Waals surface area contributed by atoms with Crippen molar-refractivity contribution < 1.29 is 4.42 Å². The molecule has 0 bridgehead atoms. The third kappa shape index (κ3) is 3.36. The molecule has 90 valence electrons. The molecule has 0 atom stereocenters. The third-order valence-electron chi connectivity index (χ3n) is 2.54. The summed E-state index contributed by atoms with van der Waals surface area (Å²) in [7, 11) is 4.15. The molecule has 2 aromatic rings. The van der Waals surface area contributed by atoms with Gasteiger partial charge in [-0.15, -0.1) is 0 Å². The van der Waals surface area contributed by atoms with Crippen LogP contribution in [-0.4, -0.2) is 19.0 Å². The summed E-state index contributed by atoms with van der Waals surface area (Å²) in [5.41, 5.74) is 2.46. The van der Waals surface area contributed by atoms with Crippen LogP contribution in [0.2, 0.25) is 0 Å². The molecule has 0 saturated heterocycles. The number of anilines is 1. The summed E-state index contributed by atoms with van der Waals surface area (Å²) < 4.78 is 5.30. The molecule has 2 rings (SSSR count). The van der Waals surface area contributed by atoms with Gasteiger partial charge in [0.05, 0.1) is 12.8 Å². The Hall–Kier alpha value is -1.74. The molecule has 1 heterocycles. The molecule has 1 aromatic heterocycles. The molecule has 3 nitrogen and oxygen atoms in total. The lowest BCUT2D eigenvalue weighted by molar-refractivity contribution is 0.403. The average Bonchev–Trinajstić information content (AvgIpc) is 2.80. The van der Waals surface area contributed by atoms with Crippen LogP contribution in [0.4, 0.5) is 5.69 Å². The predicted molar refractivity (Wildman–Crippen MR) is 69.9 cm³/mol. The zero-order valence-electron chi connectivity index (χ0n) is 10.3. The number of para-hydroxylation sites is 1. The van der Waals surface area contributed by atoms with E-state index in [4.69, 9.17) is 4.42 Å². The van der Waals surface area contributed by atoms with Crippen molar-refractivity contribution in [3.8, 4) is 0 Å². The van der Waals surface area contributed by atoms with Gasteiger partial charge in [-0.05, 0) is 37.9 Å². The largest absolute Gasteiger partial charge is 0.467 e. The van der Waals surface area contributed by atoms with E-state index in [9.17, 15) is 0 Å². The Morgan fingerprint density at radius 2 is 1.94 bits per heavy atom. The topological polar surface area (TPSA) is 28.4 Å². The summed E-state index contributed by atoms with van der Waals surface area (Å²) >= 11 is 0. The highest BCUT2D eigenvalue weighted by Crippen LogP contribution is 2.17. The Morgan fingerprint density at radius 3 is 2.65 bits per heavy atom. The second-order valence-corrected chi connectivity index (χ2v) is 4.33. The number of hydrogen-bond donors (Lipinski definition) is 1.